The molecular formula is C12H13N5S. The van der Waals surface area contributed by atoms with E-state index < -0.39 is 0 Å². The Balaban J connectivity index is 2.15. The summed E-state index contributed by atoms with van der Waals surface area (Å²) < 4.78 is 0. The lowest BCUT2D eigenvalue weighted by molar-refractivity contribution is 1.02. The molecule has 0 atom stereocenters. The smallest absolute Gasteiger partial charge is 0.178 e. The van der Waals surface area contributed by atoms with Crippen LogP contribution in [0, 0.1) is 13.8 Å². The monoisotopic (exact) mass is 259 g/mol. The molecule has 3 heterocycles. The number of hydrogen-bond donors (Lipinski definition) is 2. The molecule has 0 saturated carbocycles. The van der Waals surface area contributed by atoms with Crippen molar-refractivity contribution in [2.75, 3.05) is 0 Å². The van der Waals surface area contributed by atoms with Gasteiger partial charge in [-0.15, -0.1) is 11.3 Å². The Morgan fingerprint density at radius 2 is 2.06 bits per heavy atom. The number of rotatable bonds is 2. The van der Waals surface area contributed by atoms with Crippen molar-refractivity contribution < 1.29 is 0 Å². The van der Waals surface area contributed by atoms with Crippen molar-refractivity contribution in [3.63, 3.8) is 0 Å². The number of pyridine rings is 1. The van der Waals surface area contributed by atoms with Gasteiger partial charge in [0, 0.05) is 12.2 Å². The predicted molar refractivity (Wildman–Crippen MR) is 72.4 cm³/mol. The van der Waals surface area contributed by atoms with Gasteiger partial charge in [-0.1, -0.05) is 0 Å². The van der Waals surface area contributed by atoms with Crippen LogP contribution in [-0.2, 0) is 6.54 Å². The lowest BCUT2D eigenvalue weighted by Crippen LogP contribution is -1.94. The van der Waals surface area contributed by atoms with Crippen molar-refractivity contribution in [1.29, 1.82) is 0 Å². The average molecular weight is 259 g/mol. The SMILES string of the molecule is Cc1ccc2[nH]c(-c3sc(CN)nc3C)nc2n1. The van der Waals surface area contributed by atoms with Crippen LogP contribution in [0.15, 0.2) is 12.1 Å². The lowest BCUT2D eigenvalue weighted by atomic mass is 10.3. The first kappa shape index (κ1) is 11.3. The van der Waals surface area contributed by atoms with E-state index in [4.69, 9.17) is 5.73 Å². The first-order valence-electron chi connectivity index (χ1n) is 5.67. The summed E-state index contributed by atoms with van der Waals surface area (Å²) in [7, 11) is 0. The molecule has 3 aromatic rings. The maximum atomic E-state index is 5.61. The largest absolute Gasteiger partial charge is 0.336 e. The molecule has 0 unspecified atom stereocenters. The third kappa shape index (κ3) is 1.79. The second kappa shape index (κ2) is 4.15. The van der Waals surface area contributed by atoms with Crippen LogP contribution in [0.5, 0.6) is 0 Å². The maximum Gasteiger partial charge on any atom is 0.178 e. The number of nitrogens with two attached hydrogens (primary N) is 1. The van der Waals surface area contributed by atoms with Crippen LogP contribution in [-0.4, -0.2) is 19.9 Å². The zero-order valence-corrected chi connectivity index (χ0v) is 11.0. The van der Waals surface area contributed by atoms with Gasteiger partial charge >= 0.3 is 0 Å². The van der Waals surface area contributed by atoms with E-state index in [0.717, 1.165) is 38.3 Å². The molecule has 0 aliphatic carbocycles. The average Bonchev–Trinajstić information content (AvgIpc) is 2.91. The highest BCUT2D eigenvalue weighted by atomic mass is 32.1. The molecule has 0 aliphatic heterocycles. The summed E-state index contributed by atoms with van der Waals surface area (Å²) in [6, 6.07) is 3.96. The molecule has 0 fully saturated rings. The fourth-order valence-corrected chi connectivity index (χ4v) is 2.74. The maximum absolute atomic E-state index is 5.61. The normalized spacial score (nSPS) is 11.3. The molecule has 0 radical (unpaired) electrons. The summed E-state index contributed by atoms with van der Waals surface area (Å²) in [5.41, 5.74) is 9.21. The van der Waals surface area contributed by atoms with E-state index in [1.807, 2.05) is 26.0 Å². The quantitative estimate of drug-likeness (QED) is 0.739. The van der Waals surface area contributed by atoms with Gasteiger partial charge in [0.2, 0.25) is 0 Å². The number of H-pyrrole nitrogens is 1. The van der Waals surface area contributed by atoms with Crippen LogP contribution < -0.4 is 5.73 Å². The van der Waals surface area contributed by atoms with E-state index in [9.17, 15) is 0 Å². The summed E-state index contributed by atoms with van der Waals surface area (Å²) in [6.45, 7) is 4.39. The Labute approximate surface area is 108 Å². The summed E-state index contributed by atoms with van der Waals surface area (Å²) in [5.74, 6) is 0.817. The number of aromatic amines is 1. The Bertz CT molecular complexity index is 712. The number of aryl methyl sites for hydroxylation is 2. The summed E-state index contributed by atoms with van der Waals surface area (Å²) in [6.07, 6.45) is 0. The molecule has 92 valence electrons. The minimum absolute atomic E-state index is 0.461. The highest BCUT2D eigenvalue weighted by molar-refractivity contribution is 7.15. The molecule has 3 rings (SSSR count). The third-order valence-corrected chi connectivity index (χ3v) is 3.90. The second-order valence-corrected chi connectivity index (χ2v) is 5.22. The summed E-state index contributed by atoms with van der Waals surface area (Å²) >= 11 is 1.57. The van der Waals surface area contributed by atoms with Crippen LogP contribution in [0.1, 0.15) is 16.4 Å². The van der Waals surface area contributed by atoms with Gasteiger partial charge in [-0.2, -0.15) is 0 Å². The minimum atomic E-state index is 0.461. The van der Waals surface area contributed by atoms with E-state index in [1.54, 1.807) is 11.3 Å². The van der Waals surface area contributed by atoms with Crippen LogP contribution in [0.3, 0.4) is 0 Å². The van der Waals surface area contributed by atoms with Gasteiger partial charge in [-0.05, 0) is 26.0 Å². The number of nitrogens with one attached hydrogen (secondary N) is 1. The van der Waals surface area contributed by atoms with Crippen LogP contribution in [0.25, 0.3) is 21.9 Å². The second-order valence-electron chi connectivity index (χ2n) is 4.14. The Kier molecular flexibility index (Phi) is 2.61. The third-order valence-electron chi connectivity index (χ3n) is 2.72. The van der Waals surface area contributed by atoms with E-state index in [0.29, 0.717) is 6.54 Å². The molecule has 0 aromatic carbocycles. The van der Waals surface area contributed by atoms with Gasteiger partial charge in [-0.3, -0.25) is 0 Å². The van der Waals surface area contributed by atoms with E-state index >= 15 is 0 Å². The molecule has 0 bridgehead atoms. The van der Waals surface area contributed by atoms with Crippen molar-refractivity contribution in [3.8, 4) is 10.7 Å². The van der Waals surface area contributed by atoms with Gasteiger partial charge in [0.05, 0.1) is 16.1 Å². The fourth-order valence-electron chi connectivity index (χ4n) is 1.85. The molecule has 3 aromatic heterocycles. The first-order valence-corrected chi connectivity index (χ1v) is 6.49. The van der Waals surface area contributed by atoms with Crippen molar-refractivity contribution >= 4 is 22.5 Å². The predicted octanol–water partition coefficient (Wildman–Crippen LogP) is 2.16. The van der Waals surface area contributed by atoms with Crippen molar-refractivity contribution in [1.82, 2.24) is 19.9 Å². The highest BCUT2D eigenvalue weighted by Gasteiger charge is 2.13. The fraction of sp³-hybridized carbons (Fsp3) is 0.250. The molecule has 6 heteroatoms. The molecule has 5 nitrogen and oxygen atoms in total. The van der Waals surface area contributed by atoms with Gasteiger partial charge in [0.15, 0.2) is 11.5 Å². The van der Waals surface area contributed by atoms with Crippen molar-refractivity contribution in [2.24, 2.45) is 5.73 Å². The number of aromatic nitrogens is 4. The Morgan fingerprint density at radius 3 is 2.78 bits per heavy atom. The molecule has 3 N–H and O–H groups in total. The molecule has 0 amide bonds. The zero-order valence-electron chi connectivity index (χ0n) is 10.2. The topological polar surface area (TPSA) is 80.5 Å². The van der Waals surface area contributed by atoms with Crippen LogP contribution >= 0.6 is 11.3 Å². The number of imidazole rings is 1. The minimum Gasteiger partial charge on any atom is -0.336 e. The molecule has 18 heavy (non-hydrogen) atoms. The number of nitrogens with zero attached hydrogens (tertiary/aromatic N) is 3. The van der Waals surface area contributed by atoms with Gasteiger partial charge in [0.1, 0.15) is 5.01 Å². The number of hydrogen-bond acceptors (Lipinski definition) is 5. The van der Waals surface area contributed by atoms with Crippen LogP contribution in [0.2, 0.25) is 0 Å². The molecular weight excluding hydrogens is 246 g/mol. The summed E-state index contributed by atoms with van der Waals surface area (Å²) in [4.78, 5) is 17.6. The van der Waals surface area contributed by atoms with Gasteiger partial charge in [-0.25, -0.2) is 15.0 Å². The van der Waals surface area contributed by atoms with Crippen LogP contribution in [0.4, 0.5) is 0 Å². The summed E-state index contributed by atoms with van der Waals surface area (Å²) in [5, 5.41) is 0.923. The zero-order chi connectivity index (χ0) is 12.7. The number of thiazole rings is 1. The molecule has 0 aliphatic rings. The van der Waals surface area contributed by atoms with E-state index in [-0.39, 0.29) is 0 Å². The molecule has 0 spiro atoms. The van der Waals surface area contributed by atoms with Gasteiger partial charge in [0.25, 0.3) is 0 Å². The van der Waals surface area contributed by atoms with Crippen molar-refractivity contribution in [3.05, 3.63) is 28.5 Å². The standard InChI is InChI=1S/C12H13N5S/c1-6-3-4-8-11(14-6)17-12(16-8)10-7(2)15-9(5-13)18-10/h3-4H,5,13H2,1-2H3,(H,14,16,17). The highest BCUT2D eigenvalue weighted by Crippen LogP contribution is 2.28. The van der Waals surface area contributed by atoms with Gasteiger partial charge < -0.3 is 10.7 Å². The van der Waals surface area contributed by atoms with E-state index in [1.165, 1.54) is 0 Å². The Morgan fingerprint density at radius 1 is 1.22 bits per heavy atom. The van der Waals surface area contributed by atoms with E-state index in [2.05, 4.69) is 19.9 Å². The lowest BCUT2D eigenvalue weighted by Gasteiger charge is -1.89. The molecule has 0 saturated heterocycles. The Hall–Kier alpha value is -1.79. The van der Waals surface area contributed by atoms with Crippen molar-refractivity contribution in [2.45, 2.75) is 20.4 Å². The number of fused-ring (bicyclic) bond motifs is 1. The first-order chi connectivity index (χ1) is 8.67.